The first-order valence-corrected chi connectivity index (χ1v) is 7.30. The van der Waals surface area contributed by atoms with E-state index in [0.29, 0.717) is 30.9 Å². The fraction of sp³-hybridized carbons (Fsp3) is 0.769. The van der Waals surface area contributed by atoms with Crippen LogP contribution in [0.25, 0.3) is 0 Å². The molecule has 20 heavy (non-hydrogen) atoms. The Kier molecular flexibility index (Phi) is 9.92. The average molecular weight is 302 g/mol. The molecule has 6 nitrogen and oxygen atoms in total. The lowest BCUT2D eigenvalue weighted by atomic mass is 10.2. The third kappa shape index (κ3) is 9.69. The summed E-state index contributed by atoms with van der Waals surface area (Å²) in [5.41, 5.74) is 10.6. The van der Waals surface area contributed by atoms with Gasteiger partial charge in [0, 0.05) is 33.0 Å². The van der Waals surface area contributed by atoms with Crippen LogP contribution in [-0.4, -0.2) is 59.8 Å². The topological polar surface area (TPSA) is 92.7 Å². The smallest absolute Gasteiger partial charge is 0.231 e. The highest BCUT2D eigenvalue weighted by atomic mass is 32.1. The van der Waals surface area contributed by atoms with Crippen molar-refractivity contribution in [2.75, 3.05) is 33.2 Å². The first-order chi connectivity index (χ1) is 9.36. The largest absolute Gasteiger partial charge is 0.393 e. The number of rotatable bonds is 11. The van der Waals surface area contributed by atoms with Gasteiger partial charge in [-0.2, -0.15) is 0 Å². The number of amides is 2. The second-order valence-corrected chi connectivity index (χ2v) is 5.40. The SMILES string of the molecule is CCCCN(CCC(=O)N(C)CCC(N)=S)CC(N)=O. The van der Waals surface area contributed by atoms with Crippen LogP contribution >= 0.6 is 12.2 Å². The van der Waals surface area contributed by atoms with Gasteiger partial charge in [0.25, 0.3) is 0 Å². The van der Waals surface area contributed by atoms with Gasteiger partial charge >= 0.3 is 0 Å². The van der Waals surface area contributed by atoms with Gasteiger partial charge in [-0.1, -0.05) is 25.6 Å². The minimum absolute atomic E-state index is 0.0206. The van der Waals surface area contributed by atoms with Crippen LogP contribution < -0.4 is 11.5 Å². The second-order valence-electron chi connectivity index (χ2n) is 4.88. The molecule has 0 aromatic rings. The zero-order chi connectivity index (χ0) is 15.5. The molecule has 116 valence electrons. The van der Waals surface area contributed by atoms with E-state index in [9.17, 15) is 9.59 Å². The van der Waals surface area contributed by atoms with Gasteiger partial charge in [0.2, 0.25) is 11.8 Å². The summed E-state index contributed by atoms with van der Waals surface area (Å²) in [6.07, 6.45) is 2.92. The van der Waals surface area contributed by atoms with Gasteiger partial charge < -0.3 is 16.4 Å². The molecule has 0 bridgehead atoms. The first kappa shape index (κ1) is 18.8. The predicted octanol–water partition coefficient (Wildman–Crippen LogP) is 0.0985. The number of unbranched alkanes of at least 4 members (excludes halogenated alkanes) is 1. The molecule has 0 aromatic carbocycles. The normalized spacial score (nSPS) is 10.6. The molecule has 0 spiro atoms. The van der Waals surface area contributed by atoms with E-state index < -0.39 is 0 Å². The van der Waals surface area contributed by atoms with E-state index in [0.717, 1.165) is 19.4 Å². The summed E-state index contributed by atoms with van der Waals surface area (Å²) in [6, 6.07) is 0. The molecule has 0 radical (unpaired) electrons. The molecule has 7 heteroatoms. The van der Waals surface area contributed by atoms with Crippen molar-refractivity contribution in [2.45, 2.75) is 32.6 Å². The van der Waals surface area contributed by atoms with Gasteiger partial charge in [0.1, 0.15) is 0 Å². The van der Waals surface area contributed by atoms with E-state index in [1.807, 2.05) is 4.90 Å². The summed E-state index contributed by atoms with van der Waals surface area (Å²) in [4.78, 5) is 26.8. The molecule has 0 aromatic heterocycles. The standard InChI is InChI=1S/C13H26N4O2S/c1-3-4-7-17(10-11(14)18)9-6-13(19)16(2)8-5-12(15)20/h3-10H2,1-2H3,(H2,14,18)(H2,15,20). The predicted molar refractivity (Wildman–Crippen MR) is 84.2 cm³/mol. The van der Waals surface area contributed by atoms with Crippen molar-refractivity contribution in [1.82, 2.24) is 9.80 Å². The van der Waals surface area contributed by atoms with Gasteiger partial charge in [-0.3, -0.25) is 14.5 Å². The maximum absolute atomic E-state index is 11.9. The van der Waals surface area contributed by atoms with Crippen LogP contribution in [0.2, 0.25) is 0 Å². The van der Waals surface area contributed by atoms with Crippen LogP contribution in [0, 0.1) is 0 Å². The Balaban J connectivity index is 4.13. The van der Waals surface area contributed by atoms with Crippen molar-refractivity contribution in [2.24, 2.45) is 11.5 Å². The molecule has 2 amide bonds. The summed E-state index contributed by atoms with van der Waals surface area (Å²) in [5.74, 6) is -0.345. The Bertz CT molecular complexity index is 336. The molecule has 0 aliphatic heterocycles. The number of hydrogen-bond acceptors (Lipinski definition) is 4. The number of primary amides is 1. The van der Waals surface area contributed by atoms with E-state index in [2.05, 4.69) is 6.92 Å². The highest BCUT2D eigenvalue weighted by molar-refractivity contribution is 7.80. The maximum atomic E-state index is 11.9. The van der Waals surface area contributed by atoms with Crippen molar-refractivity contribution in [3.8, 4) is 0 Å². The van der Waals surface area contributed by atoms with Gasteiger partial charge in [-0.15, -0.1) is 0 Å². The Morgan fingerprint density at radius 3 is 2.25 bits per heavy atom. The molecule has 0 atom stereocenters. The summed E-state index contributed by atoms with van der Waals surface area (Å²) in [6.45, 7) is 4.13. The van der Waals surface area contributed by atoms with E-state index >= 15 is 0 Å². The van der Waals surface area contributed by atoms with Crippen LogP contribution in [0.1, 0.15) is 32.6 Å². The maximum Gasteiger partial charge on any atom is 0.231 e. The number of hydrogen-bond donors (Lipinski definition) is 2. The second kappa shape index (κ2) is 10.6. The number of thiocarbonyl (C=S) groups is 1. The Hall–Kier alpha value is -1.21. The summed E-state index contributed by atoms with van der Waals surface area (Å²) < 4.78 is 0. The van der Waals surface area contributed by atoms with Crippen molar-refractivity contribution in [3.63, 3.8) is 0 Å². The number of carbonyl (C=O) groups is 2. The highest BCUT2D eigenvalue weighted by Gasteiger charge is 2.13. The first-order valence-electron chi connectivity index (χ1n) is 6.89. The van der Waals surface area contributed by atoms with Crippen molar-refractivity contribution < 1.29 is 9.59 Å². The summed E-state index contributed by atoms with van der Waals surface area (Å²) in [5, 5.41) is 0. The minimum atomic E-state index is -0.365. The lowest BCUT2D eigenvalue weighted by Gasteiger charge is -2.22. The van der Waals surface area contributed by atoms with Crippen LogP contribution in [-0.2, 0) is 9.59 Å². The lowest BCUT2D eigenvalue weighted by Crippen LogP contribution is -2.38. The Morgan fingerprint density at radius 1 is 1.10 bits per heavy atom. The fourth-order valence-electron chi connectivity index (χ4n) is 1.72. The van der Waals surface area contributed by atoms with Crippen LogP contribution in [0.15, 0.2) is 0 Å². The lowest BCUT2D eigenvalue weighted by molar-refractivity contribution is -0.130. The molecule has 4 N–H and O–H groups in total. The molecular formula is C13H26N4O2S. The van der Waals surface area contributed by atoms with E-state index in [4.69, 9.17) is 23.7 Å². The van der Waals surface area contributed by atoms with Crippen molar-refractivity contribution >= 4 is 29.0 Å². The molecule has 0 fully saturated rings. The van der Waals surface area contributed by atoms with Crippen molar-refractivity contribution in [3.05, 3.63) is 0 Å². The van der Waals surface area contributed by atoms with Gasteiger partial charge in [-0.05, 0) is 13.0 Å². The van der Waals surface area contributed by atoms with E-state index in [-0.39, 0.29) is 18.4 Å². The van der Waals surface area contributed by atoms with Crippen molar-refractivity contribution in [1.29, 1.82) is 0 Å². The van der Waals surface area contributed by atoms with Crippen LogP contribution in [0.5, 0.6) is 0 Å². The zero-order valence-electron chi connectivity index (χ0n) is 12.4. The average Bonchev–Trinajstić information content (AvgIpc) is 2.37. The molecular weight excluding hydrogens is 276 g/mol. The van der Waals surface area contributed by atoms with Gasteiger partial charge in [0.05, 0.1) is 11.5 Å². The third-order valence-corrected chi connectivity index (χ3v) is 3.17. The summed E-state index contributed by atoms with van der Waals surface area (Å²) >= 11 is 4.78. The zero-order valence-corrected chi connectivity index (χ0v) is 13.2. The third-order valence-electron chi connectivity index (χ3n) is 2.97. The van der Waals surface area contributed by atoms with E-state index in [1.54, 1.807) is 11.9 Å². The molecule has 0 saturated heterocycles. The molecule has 0 saturated carbocycles. The van der Waals surface area contributed by atoms with Gasteiger partial charge in [0.15, 0.2) is 0 Å². The number of carbonyl (C=O) groups excluding carboxylic acids is 2. The molecule has 0 unspecified atom stereocenters. The van der Waals surface area contributed by atoms with E-state index in [1.165, 1.54) is 0 Å². The highest BCUT2D eigenvalue weighted by Crippen LogP contribution is 2.00. The molecule has 0 aliphatic carbocycles. The fourth-order valence-corrected chi connectivity index (χ4v) is 1.81. The van der Waals surface area contributed by atoms with Gasteiger partial charge in [-0.25, -0.2) is 0 Å². The molecule has 0 aliphatic rings. The Labute approximate surface area is 126 Å². The monoisotopic (exact) mass is 302 g/mol. The molecule has 0 heterocycles. The van der Waals surface area contributed by atoms with Crippen LogP contribution in [0.3, 0.4) is 0 Å². The molecule has 0 rings (SSSR count). The Morgan fingerprint density at radius 2 is 1.75 bits per heavy atom. The quantitative estimate of drug-likeness (QED) is 0.528. The summed E-state index contributed by atoms with van der Waals surface area (Å²) in [7, 11) is 1.73. The van der Waals surface area contributed by atoms with Crippen LogP contribution in [0.4, 0.5) is 0 Å². The minimum Gasteiger partial charge on any atom is -0.393 e. The number of nitrogens with zero attached hydrogens (tertiary/aromatic N) is 2. The number of nitrogens with two attached hydrogens (primary N) is 2.